The van der Waals surface area contributed by atoms with E-state index in [1.165, 1.54) is 0 Å². The molecule has 1 amide bonds. The summed E-state index contributed by atoms with van der Waals surface area (Å²) in [6, 6.07) is 9.89. The van der Waals surface area contributed by atoms with Crippen LogP contribution in [-0.2, 0) is 4.79 Å². The number of hydrogen-bond donors (Lipinski definition) is 2. The van der Waals surface area contributed by atoms with Gasteiger partial charge in [0.25, 0.3) is 0 Å². The van der Waals surface area contributed by atoms with E-state index < -0.39 is 0 Å². The van der Waals surface area contributed by atoms with E-state index in [1.54, 1.807) is 6.20 Å². The summed E-state index contributed by atoms with van der Waals surface area (Å²) < 4.78 is 0. The molecule has 1 aromatic carbocycles. The molecule has 3 heterocycles. The van der Waals surface area contributed by atoms with Crippen molar-refractivity contribution in [2.24, 2.45) is 0 Å². The second kappa shape index (κ2) is 9.33. The zero-order valence-electron chi connectivity index (χ0n) is 17.9. The Morgan fingerprint density at radius 2 is 1.90 bits per heavy atom. The minimum absolute atomic E-state index is 0.143. The minimum atomic E-state index is -0.242. The van der Waals surface area contributed by atoms with Gasteiger partial charge in [0, 0.05) is 67.3 Å². The first-order chi connectivity index (χ1) is 14.9. The second-order valence-corrected chi connectivity index (χ2v) is 8.72. The molecule has 1 aliphatic heterocycles. The predicted octanol–water partition coefficient (Wildman–Crippen LogP) is 2.44. The Morgan fingerprint density at radius 3 is 2.58 bits per heavy atom. The lowest BCUT2D eigenvalue weighted by molar-refractivity contribution is -0.133. The number of nitrogens with zero attached hydrogens (tertiary/aromatic N) is 3. The number of aromatic nitrogens is 2. The van der Waals surface area contributed by atoms with Crippen LogP contribution in [-0.4, -0.2) is 67.4 Å². The number of amides is 1. The van der Waals surface area contributed by atoms with E-state index in [4.69, 9.17) is 19.4 Å². The lowest BCUT2D eigenvalue weighted by atomic mass is 9.93. The van der Waals surface area contributed by atoms with Crippen molar-refractivity contribution in [3.8, 4) is 0 Å². The molecule has 160 valence electrons. The number of aromatic amines is 1. The van der Waals surface area contributed by atoms with E-state index in [9.17, 15) is 4.79 Å². The van der Waals surface area contributed by atoms with E-state index in [1.807, 2.05) is 41.4 Å². The standard InChI is InChI=1S/C23H27BClN5O/c1-15(2)27-13-19(16-3-5-17(25)6-4-16)23(31)30-11-9-29(10-12-30)21-18-7-8-26-22(18)28-14-20(21)24/h3-8,14-15,19,27H,9-13H2,1-2H3,(H,26,28)/t19-/m1/s1. The maximum Gasteiger partial charge on any atom is 0.231 e. The van der Waals surface area contributed by atoms with Gasteiger partial charge in [-0.1, -0.05) is 43.0 Å². The first-order valence-corrected chi connectivity index (χ1v) is 11.1. The molecule has 1 saturated heterocycles. The second-order valence-electron chi connectivity index (χ2n) is 8.28. The predicted molar refractivity (Wildman–Crippen MR) is 128 cm³/mol. The van der Waals surface area contributed by atoms with Gasteiger partial charge in [0.05, 0.1) is 5.92 Å². The molecule has 4 rings (SSSR count). The number of H-pyrrole nitrogens is 1. The van der Waals surface area contributed by atoms with E-state index in [0.717, 1.165) is 35.4 Å². The molecule has 3 aromatic rings. The number of piperazine rings is 1. The van der Waals surface area contributed by atoms with Crippen LogP contribution in [0.15, 0.2) is 42.7 Å². The number of carbonyl (C=O) groups excluding carboxylic acids is 1. The molecule has 2 N–H and O–H groups in total. The van der Waals surface area contributed by atoms with Gasteiger partial charge in [-0.15, -0.1) is 0 Å². The van der Waals surface area contributed by atoms with E-state index >= 15 is 0 Å². The number of nitrogens with one attached hydrogen (secondary N) is 2. The number of carbonyl (C=O) groups is 1. The highest BCUT2D eigenvalue weighted by molar-refractivity contribution is 6.37. The summed E-state index contributed by atoms with van der Waals surface area (Å²) in [6.45, 7) is 7.53. The van der Waals surface area contributed by atoms with Crippen molar-refractivity contribution >= 4 is 47.5 Å². The highest BCUT2D eigenvalue weighted by atomic mass is 35.5. The van der Waals surface area contributed by atoms with E-state index in [-0.39, 0.29) is 11.8 Å². The lowest BCUT2D eigenvalue weighted by Gasteiger charge is -2.38. The Labute approximate surface area is 189 Å². The number of pyridine rings is 1. The first-order valence-electron chi connectivity index (χ1n) is 10.7. The summed E-state index contributed by atoms with van der Waals surface area (Å²) in [4.78, 5) is 25.2. The zero-order valence-corrected chi connectivity index (χ0v) is 18.7. The smallest absolute Gasteiger partial charge is 0.231 e. The summed E-state index contributed by atoms with van der Waals surface area (Å²) in [7, 11) is 6.26. The number of rotatable bonds is 6. The van der Waals surface area contributed by atoms with Gasteiger partial charge in [0.1, 0.15) is 13.5 Å². The summed E-state index contributed by atoms with van der Waals surface area (Å²) >= 11 is 6.06. The quantitative estimate of drug-likeness (QED) is 0.584. The third-order valence-corrected chi connectivity index (χ3v) is 6.05. The maximum atomic E-state index is 13.5. The third-order valence-electron chi connectivity index (χ3n) is 5.79. The molecule has 0 spiro atoms. The summed E-state index contributed by atoms with van der Waals surface area (Å²) in [6.07, 6.45) is 3.57. The molecule has 6 nitrogen and oxygen atoms in total. The summed E-state index contributed by atoms with van der Waals surface area (Å²) in [5, 5.41) is 5.11. The van der Waals surface area contributed by atoms with Gasteiger partial charge in [-0.3, -0.25) is 4.79 Å². The fraction of sp³-hybridized carbons (Fsp3) is 0.391. The molecule has 0 unspecified atom stereocenters. The van der Waals surface area contributed by atoms with Gasteiger partial charge in [-0.25, -0.2) is 4.98 Å². The van der Waals surface area contributed by atoms with E-state index in [2.05, 4.69) is 34.0 Å². The van der Waals surface area contributed by atoms with Crippen LogP contribution in [0.2, 0.25) is 5.02 Å². The van der Waals surface area contributed by atoms with Crippen LogP contribution >= 0.6 is 11.6 Å². The summed E-state index contributed by atoms with van der Waals surface area (Å²) in [5.41, 5.74) is 3.46. The van der Waals surface area contributed by atoms with Gasteiger partial charge in [0.2, 0.25) is 5.91 Å². The Bertz CT molecular complexity index is 1040. The Hall–Kier alpha value is -2.51. The normalized spacial score (nSPS) is 15.6. The number of halogens is 1. The van der Waals surface area contributed by atoms with Gasteiger partial charge < -0.3 is 20.1 Å². The van der Waals surface area contributed by atoms with Gasteiger partial charge >= 0.3 is 0 Å². The van der Waals surface area contributed by atoms with Gasteiger partial charge in [-0.05, 0) is 23.8 Å². The molecule has 0 saturated carbocycles. The molecular formula is C23H27BClN5O. The largest absolute Gasteiger partial charge is 0.368 e. The third kappa shape index (κ3) is 4.73. The number of hydrogen-bond acceptors (Lipinski definition) is 4. The van der Waals surface area contributed by atoms with Crippen LogP contribution in [0, 0.1) is 0 Å². The van der Waals surface area contributed by atoms with Gasteiger partial charge in [0.15, 0.2) is 0 Å². The number of benzene rings is 1. The van der Waals surface area contributed by atoms with Crippen LogP contribution in [0.3, 0.4) is 0 Å². The summed E-state index contributed by atoms with van der Waals surface area (Å²) in [5.74, 6) is -0.0989. The number of fused-ring (bicyclic) bond motifs is 1. The molecular weight excluding hydrogens is 409 g/mol. The molecule has 2 aromatic heterocycles. The molecule has 0 bridgehead atoms. The minimum Gasteiger partial charge on any atom is -0.368 e. The molecule has 8 heteroatoms. The molecule has 1 fully saturated rings. The van der Waals surface area contributed by atoms with Gasteiger partial charge in [-0.2, -0.15) is 0 Å². The Balaban J connectivity index is 1.49. The van der Waals surface area contributed by atoms with Crippen molar-refractivity contribution in [1.82, 2.24) is 20.2 Å². The zero-order chi connectivity index (χ0) is 22.0. The van der Waals surface area contributed by atoms with Crippen molar-refractivity contribution in [3.05, 3.63) is 53.3 Å². The maximum absolute atomic E-state index is 13.5. The van der Waals surface area contributed by atoms with E-state index in [0.29, 0.717) is 36.2 Å². The van der Waals surface area contributed by atoms with Crippen molar-refractivity contribution in [3.63, 3.8) is 0 Å². The van der Waals surface area contributed by atoms with Crippen LogP contribution in [0.25, 0.3) is 11.0 Å². The fourth-order valence-electron chi connectivity index (χ4n) is 4.13. The topological polar surface area (TPSA) is 64.3 Å². The first kappa shape index (κ1) is 21.7. The average molecular weight is 436 g/mol. The lowest BCUT2D eigenvalue weighted by Crippen LogP contribution is -2.52. The average Bonchev–Trinajstić information content (AvgIpc) is 3.23. The SMILES string of the molecule is [B]c1cnc2[nH]ccc2c1N1CCN(C(=O)[C@H](CNC(C)C)c2ccc(Cl)cc2)CC1. The fourth-order valence-corrected chi connectivity index (χ4v) is 4.26. The van der Waals surface area contributed by atoms with Crippen LogP contribution in [0.4, 0.5) is 5.69 Å². The molecule has 2 radical (unpaired) electrons. The van der Waals surface area contributed by atoms with Crippen molar-refractivity contribution in [2.75, 3.05) is 37.6 Å². The van der Waals surface area contributed by atoms with Crippen LogP contribution in [0.1, 0.15) is 25.3 Å². The van der Waals surface area contributed by atoms with Crippen LogP contribution in [0.5, 0.6) is 0 Å². The molecule has 1 atom stereocenters. The Kier molecular flexibility index (Phi) is 6.53. The number of anilines is 1. The van der Waals surface area contributed by atoms with Crippen molar-refractivity contribution in [2.45, 2.75) is 25.8 Å². The molecule has 0 aliphatic carbocycles. The van der Waals surface area contributed by atoms with Crippen molar-refractivity contribution in [1.29, 1.82) is 0 Å². The Morgan fingerprint density at radius 1 is 1.19 bits per heavy atom. The van der Waals surface area contributed by atoms with Crippen molar-refractivity contribution < 1.29 is 4.79 Å². The molecule has 31 heavy (non-hydrogen) atoms. The van der Waals surface area contributed by atoms with Crippen LogP contribution < -0.4 is 15.7 Å². The monoisotopic (exact) mass is 435 g/mol. The highest BCUT2D eigenvalue weighted by Gasteiger charge is 2.29. The molecule has 1 aliphatic rings. The highest BCUT2D eigenvalue weighted by Crippen LogP contribution is 2.26.